The predicted octanol–water partition coefficient (Wildman–Crippen LogP) is 4.69. The molecule has 0 saturated heterocycles. The summed E-state index contributed by atoms with van der Waals surface area (Å²) in [6.45, 7) is 4.32. The highest BCUT2D eigenvalue weighted by molar-refractivity contribution is 7.98. The molecule has 0 aliphatic heterocycles. The SMILES string of the molecule is CSc1ccc(CC(C)(C)NC[C@@H](O)CN(C)S(=O)(=O)c2cccc(-c3cccc(CCC(=O)O)c3)c2)cc1. The maximum atomic E-state index is 13.3. The van der Waals surface area contributed by atoms with Crippen molar-refractivity contribution in [1.82, 2.24) is 9.62 Å². The fourth-order valence-electron chi connectivity index (χ4n) is 4.34. The lowest BCUT2D eigenvalue weighted by Gasteiger charge is -2.29. The number of carboxylic acids is 1. The van der Waals surface area contributed by atoms with E-state index in [0.717, 1.165) is 23.1 Å². The van der Waals surface area contributed by atoms with E-state index in [4.69, 9.17) is 5.11 Å². The minimum absolute atomic E-state index is 0.0301. The van der Waals surface area contributed by atoms with E-state index in [9.17, 15) is 18.3 Å². The summed E-state index contributed by atoms with van der Waals surface area (Å²) in [5.41, 5.74) is 3.30. The third-order valence-electron chi connectivity index (χ3n) is 6.52. The number of aryl methyl sites for hydroxylation is 1. The summed E-state index contributed by atoms with van der Waals surface area (Å²) >= 11 is 1.70. The molecule has 0 saturated carbocycles. The third-order valence-corrected chi connectivity index (χ3v) is 9.08. The maximum absolute atomic E-state index is 13.3. The summed E-state index contributed by atoms with van der Waals surface area (Å²) in [5, 5.41) is 23.0. The van der Waals surface area contributed by atoms with E-state index in [1.54, 1.807) is 30.0 Å². The van der Waals surface area contributed by atoms with Crippen molar-refractivity contribution in [2.75, 3.05) is 26.4 Å². The van der Waals surface area contributed by atoms with Gasteiger partial charge in [0.15, 0.2) is 0 Å². The van der Waals surface area contributed by atoms with Gasteiger partial charge in [0.05, 0.1) is 11.0 Å². The number of aliphatic hydroxyl groups excluding tert-OH is 1. The Hall–Kier alpha value is -2.69. The lowest BCUT2D eigenvalue weighted by atomic mass is 9.95. The fraction of sp³-hybridized carbons (Fsp3) is 0.367. The quantitative estimate of drug-likeness (QED) is 0.242. The number of carboxylic acid groups (broad SMARTS) is 1. The molecule has 0 heterocycles. The molecule has 3 N–H and O–H groups in total. The largest absolute Gasteiger partial charge is 0.481 e. The van der Waals surface area contributed by atoms with Gasteiger partial charge in [-0.1, -0.05) is 48.5 Å². The van der Waals surface area contributed by atoms with Gasteiger partial charge < -0.3 is 15.5 Å². The van der Waals surface area contributed by atoms with Gasteiger partial charge in [-0.25, -0.2) is 8.42 Å². The van der Waals surface area contributed by atoms with Crippen LogP contribution in [0.1, 0.15) is 31.4 Å². The van der Waals surface area contributed by atoms with Gasteiger partial charge in [0.25, 0.3) is 0 Å². The Kier molecular flexibility index (Phi) is 10.7. The highest BCUT2D eigenvalue weighted by Gasteiger charge is 2.25. The first kappa shape index (κ1) is 30.8. The van der Waals surface area contributed by atoms with E-state index in [1.807, 2.05) is 36.6 Å². The topological polar surface area (TPSA) is 107 Å². The molecule has 7 nitrogen and oxygen atoms in total. The van der Waals surface area contributed by atoms with Crippen molar-refractivity contribution in [3.8, 4) is 11.1 Å². The van der Waals surface area contributed by atoms with E-state index in [-0.39, 0.29) is 29.9 Å². The van der Waals surface area contributed by atoms with Crippen molar-refractivity contribution in [3.63, 3.8) is 0 Å². The van der Waals surface area contributed by atoms with Crippen LogP contribution in [-0.4, -0.2) is 66.9 Å². The minimum atomic E-state index is -3.84. The molecule has 0 aliphatic rings. The van der Waals surface area contributed by atoms with E-state index in [2.05, 4.69) is 43.4 Å². The van der Waals surface area contributed by atoms with E-state index in [1.165, 1.54) is 21.8 Å². The van der Waals surface area contributed by atoms with E-state index < -0.39 is 22.1 Å². The van der Waals surface area contributed by atoms with Crippen molar-refractivity contribution in [2.24, 2.45) is 0 Å². The number of aliphatic carboxylic acids is 1. The standard InChI is InChI=1S/C30H38N2O5S2/c1-30(2,19-23-11-14-27(38-4)15-12-23)31-20-26(33)21-32(3)39(36,37)28-10-6-9-25(18-28)24-8-5-7-22(17-24)13-16-29(34)35/h5-12,14-15,17-18,26,31,33H,13,16,19-21H2,1-4H3,(H,34,35)/t26-/m1/s1. The Morgan fingerprint density at radius 3 is 2.28 bits per heavy atom. The number of aliphatic hydroxyl groups is 1. The summed E-state index contributed by atoms with van der Waals surface area (Å²) < 4.78 is 27.8. The maximum Gasteiger partial charge on any atom is 0.303 e. The number of nitrogens with one attached hydrogen (secondary N) is 1. The summed E-state index contributed by atoms with van der Waals surface area (Å²) in [4.78, 5) is 12.3. The van der Waals surface area contributed by atoms with Crippen LogP contribution in [-0.2, 0) is 27.7 Å². The number of nitrogens with zero attached hydrogens (tertiary/aromatic N) is 1. The van der Waals surface area contributed by atoms with Gasteiger partial charge in [-0.05, 0) is 79.5 Å². The Morgan fingerprint density at radius 2 is 1.64 bits per heavy atom. The number of hydrogen-bond donors (Lipinski definition) is 3. The molecule has 0 spiro atoms. The molecule has 0 fully saturated rings. The van der Waals surface area contributed by atoms with Gasteiger partial charge in [-0.15, -0.1) is 11.8 Å². The fourth-order valence-corrected chi connectivity index (χ4v) is 6.01. The molecule has 0 bridgehead atoms. The zero-order chi connectivity index (χ0) is 28.6. The second-order valence-electron chi connectivity index (χ2n) is 10.4. The molecule has 1 atom stereocenters. The second kappa shape index (κ2) is 13.6. The molecule has 0 amide bonds. The molecule has 3 aromatic rings. The summed E-state index contributed by atoms with van der Waals surface area (Å²) in [5.74, 6) is -0.863. The number of likely N-dealkylation sites (N-methyl/N-ethyl adjacent to an activating group) is 1. The molecule has 3 aromatic carbocycles. The van der Waals surface area contributed by atoms with Gasteiger partial charge >= 0.3 is 5.97 Å². The average molecular weight is 571 g/mol. The molecule has 9 heteroatoms. The lowest BCUT2D eigenvalue weighted by Crippen LogP contribution is -2.47. The molecule has 39 heavy (non-hydrogen) atoms. The summed E-state index contributed by atoms with van der Waals surface area (Å²) in [6.07, 6.45) is 2.35. The van der Waals surface area contributed by atoms with Crippen LogP contribution >= 0.6 is 11.8 Å². The number of rotatable bonds is 14. The number of β-amino-alcohol motifs (C(OH)–C–C–N with tert-alkyl or cyclic N) is 1. The van der Waals surface area contributed by atoms with Gasteiger partial charge in [-0.2, -0.15) is 4.31 Å². The van der Waals surface area contributed by atoms with Gasteiger partial charge in [-0.3, -0.25) is 4.79 Å². The predicted molar refractivity (Wildman–Crippen MR) is 158 cm³/mol. The number of hydrogen-bond acceptors (Lipinski definition) is 6. The third kappa shape index (κ3) is 9.19. The monoisotopic (exact) mass is 570 g/mol. The van der Waals surface area contributed by atoms with Crippen LogP contribution in [0, 0.1) is 0 Å². The highest BCUT2D eigenvalue weighted by atomic mass is 32.2. The average Bonchev–Trinajstić information content (AvgIpc) is 2.91. The van der Waals surface area contributed by atoms with Crippen molar-refractivity contribution >= 4 is 27.8 Å². The molecule has 0 radical (unpaired) electrons. The Bertz CT molecular complexity index is 1360. The van der Waals surface area contributed by atoms with Crippen molar-refractivity contribution in [3.05, 3.63) is 83.9 Å². The van der Waals surface area contributed by atoms with Crippen molar-refractivity contribution in [1.29, 1.82) is 0 Å². The number of carbonyl (C=O) groups is 1. The zero-order valence-corrected chi connectivity index (χ0v) is 24.6. The number of sulfonamides is 1. The Balaban J connectivity index is 1.62. The van der Waals surface area contributed by atoms with E-state index in [0.29, 0.717) is 6.42 Å². The van der Waals surface area contributed by atoms with Gasteiger partial charge in [0.2, 0.25) is 10.0 Å². The first-order valence-corrected chi connectivity index (χ1v) is 15.5. The zero-order valence-electron chi connectivity index (χ0n) is 22.9. The molecule has 3 rings (SSSR count). The second-order valence-corrected chi connectivity index (χ2v) is 13.3. The van der Waals surface area contributed by atoms with Crippen molar-refractivity contribution < 1.29 is 23.4 Å². The van der Waals surface area contributed by atoms with Crippen LogP contribution in [0.25, 0.3) is 11.1 Å². The Morgan fingerprint density at radius 1 is 1.00 bits per heavy atom. The van der Waals surface area contributed by atoms with Crippen LogP contribution in [0.2, 0.25) is 0 Å². The molecule has 0 aliphatic carbocycles. The smallest absolute Gasteiger partial charge is 0.303 e. The summed E-state index contributed by atoms with van der Waals surface area (Å²) in [6, 6.07) is 22.5. The lowest BCUT2D eigenvalue weighted by molar-refractivity contribution is -0.136. The molecular formula is C30H38N2O5S2. The molecule has 0 aromatic heterocycles. The number of thioether (sulfide) groups is 1. The first-order valence-electron chi connectivity index (χ1n) is 12.8. The van der Waals surface area contributed by atoms with Crippen molar-refractivity contribution in [2.45, 2.75) is 54.5 Å². The minimum Gasteiger partial charge on any atom is -0.481 e. The van der Waals surface area contributed by atoms with Gasteiger partial charge in [0.1, 0.15) is 0 Å². The van der Waals surface area contributed by atoms with Crippen LogP contribution in [0.3, 0.4) is 0 Å². The molecular weight excluding hydrogens is 532 g/mol. The van der Waals surface area contributed by atoms with E-state index >= 15 is 0 Å². The van der Waals surface area contributed by atoms with Crippen LogP contribution in [0.5, 0.6) is 0 Å². The van der Waals surface area contributed by atoms with Crippen LogP contribution in [0.4, 0.5) is 0 Å². The van der Waals surface area contributed by atoms with Crippen LogP contribution < -0.4 is 5.32 Å². The Labute approximate surface area is 236 Å². The molecule has 0 unspecified atom stereocenters. The number of benzene rings is 3. The van der Waals surface area contributed by atoms with Crippen LogP contribution in [0.15, 0.2) is 82.6 Å². The summed E-state index contributed by atoms with van der Waals surface area (Å²) in [7, 11) is -2.37. The van der Waals surface area contributed by atoms with Gasteiger partial charge in [0, 0.05) is 37.0 Å². The normalized spacial score (nSPS) is 13.0. The first-order chi connectivity index (χ1) is 18.4. The highest BCUT2D eigenvalue weighted by Crippen LogP contribution is 2.25. The molecule has 210 valence electrons.